The number of nitrogens with one attached hydrogen (secondary N) is 1. The Bertz CT molecular complexity index is 543. The maximum absolute atomic E-state index is 4.99. The molecule has 19 heavy (non-hydrogen) atoms. The van der Waals surface area contributed by atoms with Gasteiger partial charge in [-0.25, -0.2) is 0 Å². The number of aryl methyl sites for hydroxylation is 2. The summed E-state index contributed by atoms with van der Waals surface area (Å²) in [7, 11) is 0. The van der Waals surface area contributed by atoms with Crippen LogP contribution in [0.3, 0.4) is 0 Å². The number of hydrogen-bond acceptors (Lipinski definition) is 4. The van der Waals surface area contributed by atoms with Gasteiger partial charge in [0.2, 0.25) is 5.89 Å². The van der Waals surface area contributed by atoms with Crippen LogP contribution in [0.25, 0.3) is 0 Å². The largest absolute Gasteiger partial charge is 0.340 e. The highest BCUT2D eigenvalue weighted by Gasteiger charge is 2.32. The van der Waals surface area contributed by atoms with E-state index in [1.165, 1.54) is 24.0 Å². The normalized spacial score (nSPS) is 16.5. The highest BCUT2D eigenvalue weighted by atomic mass is 16.5. The van der Waals surface area contributed by atoms with Crippen LogP contribution >= 0.6 is 0 Å². The summed E-state index contributed by atoms with van der Waals surface area (Å²) < 4.78 is 4.99. The van der Waals surface area contributed by atoms with Crippen LogP contribution < -0.4 is 5.32 Å². The Morgan fingerprint density at radius 3 is 2.58 bits per heavy atom. The maximum Gasteiger partial charge on any atom is 0.223 e. The summed E-state index contributed by atoms with van der Waals surface area (Å²) in [4.78, 5) is 4.23. The Morgan fingerprint density at radius 2 is 2.00 bits per heavy atom. The summed E-state index contributed by atoms with van der Waals surface area (Å²) in [5.41, 5.74) is 2.65. The lowest BCUT2D eigenvalue weighted by molar-refractivity contribution is 0.381. The SMILES string of the molecule is Cc1ccc(C(NCc2noc(C)n2)C2CC2)cc1. The van der Waals surface area contributed by atoms with E-state index in [1.54, 1.807) is 0 Å². The van der Waals surface area contributed by atoms with E-state index in [9.17, 15) is 0 Å². The van der Waals surface area contributed by atoms with E-state index >= 15 is 0 Å². The molecule has 4 heteroatoms. The summed E-state index contributed by atoms with van der Waals surface area (Å²) in [6.45, 7) is 4.59. The lowest BCUT2D eigenvalue weighted by Crippen LogP contribution is -2.23. The molecular weight excluding hydrogens is 238 g/mol. The average molecular weight is 257 g/mol. The third-order valence-electron chi connectivity index (χ3n) is 3.58. The van der Waals surface area contributed by atoms with Gasteiger partial charge in [0.25, 0.3) is 0 Å². The molecule has 1 unspecified atom stereocenters. The summed E-state index contributed by atoms with van der Waals surface area (Å²) in [6.07, 6.45) is 2.60. The molecule has 0 amide bonds. The molecule has 1 aromatic heterocycles. The third-order valence-corrected chi connectivity index (χ3v) is 3.58. The summed E-state index contributed by atoms with van der Waals surface area (Å²) in [5.74, 6) is 2.10. The third kappa shape index (κ3) is 3.01. The molecule has 0 bridgehead atoms. The lowest BCUT2D eigenvalue weighted by atomic mass is 10.0. The van der Waals surface area contributed by atoms with E-state index < -0.39 is 0 Å². The van der Waals surface area contributed by atoms with E-state index in [0.717, 1.165) is 11.7 Å². The molecule has 100 valence electrons. The molecule has 1 saturated carbocycles. The van der Waals surface area contributed by atoms with Gasteiger partial charge in [0, 0.05) is 13.0 Å². The Balaban J connectivity index is 1.69. The van der Waals surface area contributed by atoms with Crippen molar-refractivity contribution in [1.82, 2.24) is 15.5 Å². The van der Waals surface area contributed by atoms with E-state index in [0.29, 0.717) is 18.5 Å². The summed E-state index contributed by atoms with van der Waals surface area (Å²) in [6, 6.07) is 9.18. The first kappa shape index (κ1) is 12.4. The molecule has 1 heterocycles. The first-order chi connectivity index (χ1) is 9.22. The Morgan fingerprint density at radius 1 is 1.26 bits per heavy atom. The molecule has 4 nitrogen and oxygen atoms in total. The highest BCUT2D eigenvalue weighted by molar-refractivity contribution is 5.25. The van der Waals surface area contributed by atoms with Crippen LogP contribution in [0.5, 0.6) is 0 Å². The average Bonchev–Trinajstić information content (AvgIpc) is 3.15. The molecule has 0 radical (unpaired) electrons. The zero-order valence-electron chi connectivity index (χ0n) is 11.4. The van der Waals surface area contributed by atoms with Crippen LogP contribution in [0.1, 0.15) is 41.7 Å². The van der Waals surface area contributed by atoms with Crippen molar-refractivity contribution >= 4 is 0 Å². The topological polar surface area (TPSA) is 51.0 Å². The fourth-order valence-electron chi connectivity index (χ4n) is 2.37. The molecule has 1 fully saturated rings. The Hall–Kier alpha value is -1.68. The fourth-order valence-corrected chi connectivity index (χ4v) is 2.37. The van der Waals surface area contributed by atoms with Gasteiger partial charge >= 0.3 is 0 Å². The van der Waals surface area contributed by atoms with Gasteiger partial charge in [-0.1, -0.05) is 35.0 Å². The second-order valence-corrected chi connectivity index (χ2v) is 5.34. The predicted octanol–water partition coefficient (Wildman–Crippen LogP) is 2.93. The van der Waals surface area contributed by atoms with Crippen LogP contribution in [0.15, 0.2) is 28.8 Å². The number of aromatic nitrogens is 2. The predicted molar refractivity (Wildman–Crippen MR) is 72.5 cm³/mol. The monoisotopic (exact) mass is 257 g/mol. The molecule has 1 aromatic carbocycles. The second kappa shape index (κ2) is 5.13. The van der Waals surface area contributed by atoms with Crippen molar-refractivity contribution in [1.29, 1.82) is 0 Å². The van der Waals surface area contributed by atoms with Crippen molar-refractivity contribution in [2.24, 2.45) is 5.92 Å². The second-order valence-electron chi connectivity index (χ2n) is 5.34. The minimum absolute atomic E-state index is 0.402. The molecule has 1 N–H and O–H groups in total. The van der Waals surface area contributed by atoms with Gasteiger partial charge in [-0.2, -0.15) is 4.98 Å². The first-order valence-electron chi connectivity index (χ1n) is 6.81. The van der Waals surface area contributed by atoms with E-state index in [4.69, 9.17) is 4.52 Å². The molecule has 1 aliphatic carbocycles. The number of rotatable bonds is 5. The number of nitrogens with zero attached hydrogens (tertiary/aromatic N) is 2. The smallest absolute Gasteiger partial charge is 0.223 e. The van der Waals surface area contributed by atoms with Gasteiger partial charge < -0.3 is 9.84 Å². The van der Waals surface area contributed by atoms with Crippen LogP contribution in [0, 0.1) is 19.8 Å². The molecule has 0 saturated heterocycles. The van der Waals surface area contributed by atoms with E-state index in [2.05, 4.69) is 46.6 Å². The molecule has 2 aromatic rings. The molecule has 0 spiro atoms. The van der Waals surface area contributed by atoms with Crippen molar-refractivity contribution in [3.63, 3.8) is 0 Å². The van der Waals surface area contributed by atoms with Gasteiger partial charge in [-0.05, 0) is 31.2 Å². The molecule has 1 aliphatic rings. The van der Waals surface area contributed by atoms with Crippen molar-refractivity contribution in [2.45, 2.75) is 39.3 Å². The minimum atomic E-state index is 0.402. The first-order valence-corrected chi connectivity index (χ1v) is 6.81. The van der Waals surface area contributed by atoms with Gasteiger partial charge in [0.1, 0.15) is 0 Å². The maximum atomic E-state index is 4.99. The lowest BCUT2D eigenvalue weighted by Gasteiger charge is -2.18. The van der Waals surface area contributed by atoms with Crippen molar-refractivity contribution in [3.05, 3.63) is 47.1 Å². The van der Waals surface area contributed by atoms with Crippen molar-refractivity contribution in [2.75, 3.05) is 0 Å². The standard InChI is InChI=1S/C15H19N3O/c1-10-3-5-12(6-4-10)15(13-7-8-13)16-9-14-17-11(2)19-18-14/h3-6,13,15-16H,7-9H2,1-2H3. The molecule has 0 aliphatic heterocycles. The molecule has 3 rings (SSSR count). The minimum Gasteiger partial charge on any atom is -0.340 e. The van der Waals surface area contributed by atoms with Crippen molar-refractivity contribution in [3.8, 4) is 0 Å². The Labute approximate surface area is 113 Å². The zero-order chi connectivity index (χ0) is 13.2. The van der Waals surface area contributed by atoms with Gasteiger partial charge in [0.15, 0.2) is 5.82 Å². The van der Waals surface area contributed by atoms with Crippen LogP contribution in [-0.2, 0) is 6.54 Å². The summed E-state index contributed by atoms with van der Waals surface area (Å²) in [5, 5.41) is 7.49. The van der Waals surface area contributed by atoms with Crippen LogP contribution in [0.2, 0.25) is 0 Å². The Kier molecular flexibility index (Phi) is 3.34. The summed E-state index contributed by atoms with van der Waals surface area (Å²) >= 11 is 0. The molecule has 1 atom stereocenters. The zero-order valence-corrected chi connectivity index (χ0v) is 11.4. The molecular formula is C15H19N3O. The number of hydrogen-bond donors (Lipinski definition) is 1. The highest BCUT2D eigenvalue weighted by Crippen LogP contribution is 2.41. The van der Waals surface area contributed by atoms with E-state index in [1.807, 2.05) is 6.92 Å². The van der Waals surface area contributed by atoms with Crippen LogP contribution in [0.4, 0.5) is 0 Å². The quantitative estimate of drug-likeness (QED) is 0.894. The van der Waals surface area contributed by atoms with Gasteiger partial charge in [0.05, 0.1) is 6.54 Å². The fraction of sp³-hybridized carbons (Fsp3) is 0.467. The van der Waals surface area contributed by atoms with E-state index in [-0.39, 0.29) is 0 Å². The van der Waals surface area contributed by atoms with Gasteiger partial charge in [-0.15, -0.1) is 0 Å². The number of benzene rings is 1. The van der Waals surface area contributed by atoms with Crippen molar-refractivity contribution < 1.29 is 4.52 Å². The van der Waals surface area contributed by atoms with Crippen LogP contribution in [-0.4, -0.2) is 10.1 Å². The van der Waals surface area contributed by atoms with Gasteiger partial charge in [-0.3, -0.25) is 0 Å².